The first-order valence-corrected chi connectivity index (χ1v) is 8.63. The zero-order valence-electron chi connectivity index (χ0n) is 14.8. The van der Waals surface area contributed by atoms with Gasteiger partial charge in [-0.3, -0.25) is 0 Å². The number of nitrogens with one attached hydrogen (secondary N) is 1. The lowest BCUT2D eigenvalue weighted by Gasteiger charge is -2.25. The van der Waals surface area contributed by atoms with Crippen LogP contribution in [0.1, 0.15) is 72.5 Å². The van der Waals surface area contributed by atoms with E-state index in [-0.39, 0.29) is 5.41 Å². The van der Waals surface area contributed by atoms with Crippen LogP contribution in [-0.2, 0) is 5.41 Å². The Kier molecular flexibility index (Phi) is 5.65. The highest BCUT2D eigenvalue weighted by Gasteiger charge is 2.21. The lowest BCUT2D eigenvalue weighted by Crippen LogP contribution is -2.24. The summed E-state index contributed by atoms with van der Waals surface area (Å²) in [7, 11) is 0. The van der Waals surface area contributed by atoms with E-state index >= 15 is 0 Å². The SMILES string of the molecule is CC(C)COc1cc(NC2CCCCC2)nc(C(C)(C)C)n1. The molecule has 4 heteroatoms. The van der Waals surface area contributed by atoms with Crippen LogP contribution in [0.15, 0.2) is 6.07 Å². The van der Waals surface area contributed by atoms with Crippen molar-refractivity contribution in [3.63, 3.8) is 0 Å². The van der Waals surface area contributed by atoms with Gasteiger partial charge in [0.25, 0.3) is 0 Å². The molecule has 1 aromatic rings. The molecular weight excluding hydrogens is 274 g/mol. The Morgan fingerprint density at radius 3 is 2.45 bits per heavy atom. The minimum absolute atomic E-state index is 0.0831. The molecule has 1 heterocycles. The first-order chi connectivity index (χ1) is 10.3. The van der Waals surface area contributed by atoms with E-state index < -0.39 is 0 Å². The first kappa shape index (κ1) is 17.0. The molecule has 0 saturated heterocycles. The van der Waals surface area contributed by atoms with Crippen molar-refractivity contribution in [3.05, 3.63) is 11.9 Å². The fourth-order valence-electron chi connectivity index (χ4n) is 2.62. The van der Waals surface area contributed by atoms with E-state index in [2.05, 4.69) is 44.9 Å². The molecule has 1 aliphatic rings. The fraction of sp³-hybridized carbons (Fsp3) is 0.778. The predicted molar refractivity (Wildman–Crippen MR) is 91.6 cm³/mol. The third-order valence-corrected chi connectivity index (χ3v) is 3.90. The van der Waals surface area contributed by atoms with E-state index in [0.29, 0.717) is 24.4 Å². The molecule has 0 atom stereocenters. The number of nitrogens with zero attached hydrogens (tertiary/aromatic N) is 2. The molecular formula is C18H31N3O. The average Bonchev–Trinajstić information content (AvgIpc) is 2.45. The predicted octanol–water partition coefficient (Wildman–Crippen LogP) is 4.55. The summed E-state index contributed by atoms with van der Waals surface area (Å²) in [5.74, 6) is 2.92. The van der Waals surface area contributed by atoms with Crippen LogP contribution in [0.2, 0.25) is 0 Å². The van der Waals surface area contributed by atoms with Crippen molar-refractivity contribution in [2.24, 2.45) is 5.92 Å². The lowest BCUT2D eigenvalue weighted by molar-refractivity contribution is 0.259. The van der Waals surface area contributed by atoms with Crippen LogP contribution in [0.4, 0.5) is 5.82 Å². The third-order valence-electron chi connectivity index (χ3n) is 3.90. The number of ether oxygens (including phenoxy) is 1. The van der Waals surface area contributed by atoms with E-state index in [1.54, 1.807) is 0 Å². The summed E-state index contributed by atoms with van der Waals surface area (Å²) in [4.78, 5) is 9.32. The van der Waals surface area contributed by atoms with Gasteiger partial charge in [0.15, 0.2) is 0 Å². The maximum absolute atomic E-state index is 5.84. The summed E-state index contributed by atoms with van der Waals surface area (Å²) >= 11 is 0. The van der Waals surface area contributed by atoms with Gasteiger partial charge in [-0.15, -0.1) is 0 Å². The Balaban J connectivity index is 2.17. The van der Waals surface area contributed by atoms with Crippen LogP contribution in [0.25, 0.3) is 0 Å². The molecule has 1 aliphatic carbocycles. The minimum atomic E-state index is -0.0831. The quantitative estimate of drug-likeness (QED) is 0.866. The maximum Gasteiger partial charge on any atom is 0.218 e. The Labute approximate surface area is 135 Å². The van der Waals surface area contributed by atoms with E-state index in [0.717, 1.165) is 11.6 Å². The van der Waals surface area contributed by atoms with Crippen LogP contribution < -0.4 is 10.1 Å². The topological polar surface area (TPSA) is 47.0 Å². The summed E-state index contributed by atoms with van der Waals surface area (Å²) in [6.07, 6.45) is 6.45. The Morgan fingerprint density at radius 1 is 1.18 bits per heavy atom. The molecule has 4 nitrogen and oxygen atoms in total. The second-order valence-corrected chi connectivity index (χ2v) is 7.85. The van der Waals surface area contributed by atoms with Crippen molar-refractivity contribution in [2.45, 2.75) is 78.2 Å². The van der Waals surface area contributed by atoms with Crippen LogP contribution >= 0.6 is 0 Å². The van der Waals surface area contributed by atoms with Crippen LogP contribution in [-0.4, -0.2) is 22.6 Å². The standard InChI is InChI=1S/C18H31N3O/c1-13(2)12-22-16-11-15(19-14-9-7-6-8-10-14)20-17(21-16)18(3,4)5/h11,13-14H,6-10,12H2,1-5H3,(H,19,20,21). The molecule has 1 aromatic heterocycles. The highest BCUT2D eigenvalue weighted by atomic mass is 16.5. The van der Waals surface area contributed by atoms with Crippen LogP contribution in [0.3, 0.4) is 0 Å². The monoisotopic (exact) mass is 305 g/mol. The summed E-state index contributed by atoms with van der Waals surface area (Å²) in [6.45, 7) is 11.4. The van der Waals surface area contributed by atoms with Gasteiger partial charge in [0.2, 0.25) is 5.88 Å². The van der Waals surface area contributed by atoms with Crippen LogP contribution in [0, 0.1) is 5.92 Å². The Bertz CT molecular complexity index is 474. The summed E-state index contributed by atoms with van der Waals surface area (Å²) < 4.78 is 5.84. The van der Waals surface area contributed by atoms with Crippen LogP contribution in [0.5, 0.6) is 5.88 Å². The van der Waals surface area contributed by atoms with Crippen molar-refractivity contribution >= 4 is 5.82 Å². The van der Waals surface area contributed by atoms with Gasteiger partial charge in [0.1, 0.15) is 11.6 Å². The second kappa shape index (κ2) is 7.30. The number of hydrogen-bond donors (Lipinski definition) is 1. The highest BCUT2D eigenvalue weighted by Crippen LogP contribution is 2.26. The Hall–Kier alpha value is -1.32. The zero-order chi connectivity index (χ0) is 16.2. The van der Waals surface area contributed by atoms with Gasteiger partial charge in [0, 0.05) is 17.5 Å². The van der Waals surface area contributed by atoms with Crippen molar-refractivity contribution < 1.29 is 4.74 Å². The number of hydrogen-bond acceptors (Lipinski definition) is 4. The second-order valence-electron chi connectivity index (χ2n) is 7.85. The maximum atomic E-state index is 5.84. The molecule has 124 valence electrons. The molecule has 0 amide bonds. The van der Waals surface area contributed by atoms with E-state index in [9.17, 15) is 0 Å². The molecule has 0 spiro atoms. The van der Waals surface area contributed by atoms with Crippen molar-refractivity contribution in [1.82, 2.24) is 9.97 Å². The van der Waals surface area contributed by atoms with E-state index in [4.69, 9.17) is 9.72 Å². The average molecular weight is 305 g/mol. The minimum Gasteiger partial charge on any atom is -0.477 e. The molecule has 1 saturated carbocycles. The summed E-state index contributed by atoms with van der Waals surface area (Å²) in [6, 6.07) is 2.49. The third kappa shape index (κ3) is 5.15. The summed E-state index contributed by atoms with van der Waals surface area (Å²) in [5.41, 5.74) is -0.0831. The molecule has 1 N–H and O–H groups in total. The van der Waals surface area contributed by atoms with E-state index in [1.165, 1.54) is 32.1 Å². The van der Waals surface area contributed by atoms with Gasteiger partial charge >= 0.3 is 0 Å². The van der Waals surface area contributed by atoms with Gasteiger partial charge in [-0.25, -0.2) is 4.98 Å². The zero-order valence-corrected chi connectivity index (χ0v) is 14.8. The first-order valence-electron chi connectivity index (χ1n) is 8.63. The van der Waals surface area contributed by atoms with Gasteiger partial charge in [0.05, 0.1) is 6.61 Å². The van der Waals surface area contributed by atoms with Gasteiger partial charge < -0.3 is 10.1 Å². The van der Waals surface area contributed by atoms with Gasteiger partial charge in [-0.2, -0.15) is 4.98 Å². The molecule has 2 rings (SSSR count). The Morgan fingerprint density at radius 2 is 1.86 bits per heavy atom. The lowest BCUT2D eigenvalue weighted by atomic mass is 9.95. The number of anilines is 1. The highest BCUT2D eigenvalue weighted by molar-refractivity contribution is 5.40. The van der Waals surface area contributed by atoms with E-state index in [1.807, 2.05) is 6.07 Å². The normalized spacial score (nSPS) is 16.8. The molecule has 22 heavy (non-hydrogen) atoms. The fourth-order valence-corrected chi connectivity index (χ4v) is 2.62. The molecule has 0 aromatic carbocycles. The largest absolute Gasteiger partial charge is 0.477 e. The summed E-state index contributed by atoms with van der Waals surface area (Å²) in [5, 5.41) is 3.59. The number of rotatable bonds is 5. The van der Waals surface area contributed by atoms with Crippen molar-refractivity contribution in [2.75, 3.05) is 11.9 Å². The molecule has 0 aliphatic heterocycles. The number of aromatic nitrogens is 2. The van der Waals surface area contributed by atoms with Crippen molar-refractivity contribution in [1.29, 1.82) is 0 Å². The van der Waals surface area contributed by atoms with Crippen molar-refractivity contribution in [3.8, 4) is 5.88 Å². The molecule has 1 fully saturated rings. The molecule has 0 radical (unpaired) electrons. The molecule has 0 unspecified atom stereocenters. The van der Waals surface area contributed by atoms with Gasteiger partial charge in [-0.1, -0.05) is 53.9 Å². The molecule has 0 bridgehead atoms. The smallest absolute Gasteiger partial charge is 0.218 e. The van der Waals surface area contributed by atoms with Gasteiger partial charge in [-0.05, 0) is 18.8 Å².